The van der Waals surface area contributed by atoms with Crippen LogP contribution in [0.2, 0.25) is 0 Å². The summed E-state index contributed by atoms with van der Waals surface area (Å²) in [5, 5.41) is 29.8. The molecule has 0 amide bonds. The number of nitrogens with zero attached hydrogens (tertiary/aromatic N) is 3. The maximum absolute atomic E-state index is 10.2. The first kappa shape index (κ1) is 14.1. The fourth-order valence-corrected chi connectivity index (χ4v) is 2.82. The number of fused-ring (bicyclic) bond motifs is 1. The van der Waals surface area contributed by atoms with Gasteiger partial charge in [-0.15, -0.1) is 10.2 Å². The summed E-state index contributed by atoms with van der Waals surface area (Å²) in [5.74, 6) is 0.500. The van der Waals surface area contributed by atoms with Crippen LogP contribution < -0.4 is 5.73 Å². The third kappa shape index (κ3) is 2.13. The van der Waals surface area contributed by atoms with Crippen molar-refractivity contribution in [2.24, 2.45) is 0 Å². The molecule has 0 spiro atoms. The smallest absolute Gasteiger partial charge is 0.226 e. The Labute approximate surface area is 137 Å². The lowest BCUT2D eigenvalue weighted by atomic mass is 10.1. The highest BCUT2D eigenvalue weighted by Crippen LogP contribution is 2.34. The minimum Gasteiger partial charge on any atom is -0.508 e. The lowest BCUT2D eigenvalue weighted by Crippen LogP contribution is -2.03. The number of nitrogen functional groups attached to an aromatic ring is 1. The molecule has 0 bridgehead atoms. The monoisotopic (exact) mass is 318 g/mol. The molecule has 1 heterocycles. The molecular formula is C18H14N4O2. The van der Waals surface area contributed by atoms with Gasteiger partial charge in [-0.2, -0.15) is 0 Å². The zero-order valence-electron chi connectivity index (χ0n) is 12.6. The van der Waals surface area contributed by atoms with Crippen LogP contribution in [0.4, 0.5) is 5.95 Å². The van der Waals surface area contributed by atoms with Crippen molar-refractivity contribution in [3.8, 4) is 28.6 Å². The van der Waals surface area contributed by atoms with Gasteiger partial charge < -0.3 is 15.9 Å². The van der Waals surface area contributed by atoms with E-state index in [1.54, 1.807) is 10.6 Å². The Hall–Kier alpha value is -3.54. The molecule has 4 aromatic rings. The van der Waals surface area contributed by atoms with Crippen molar-refractivity contribution >= 4 is 16.7 Å². The van der Waals surface area contributed by atoms with Crippen molar-refractivity contribution in [1.82, 2.24) is 14.8 Å². The molecule has 3 aromatic carbocycles. The number of phenolic OH excluding ortho intramolecular Hbond substituents is 2. The van der Waals surface area contributed by atoms with E-state index in [1.807, 2.05) is 42.5 Å². The van der Waals surface area contributed by atoms with Crippen molar-refractivity contribution < 1.29 is 10.2 Å². The number of aromatic hydroxyl groups is 2. The van der Waals surface area contributed by atoms with Gasteiger partial charge in [0.2, 0.25) is 5.95 Å². The number of hydrogen-bond donors (Lipinski definition) is 3. The van der Waals surface area contributed by atoms with Gasteiger partial charge in [0.05, 0.1) is 11.3 Å². The Morgan fingerprint density at radius 2 is 1.67 bits per heavy atom. The van der Waals surface area contributed by atoms with E-state index in [0.29, 0.717) is 11.4 Å². The summed E-state index contributed by atoms with van der Waals surface area (Å²) in [5.41, 5.74) is 7.29. The summed E-state index contributed by atoms with van der Waals surface area (Å²) in [6.07, 6.45) is 0. The first-order valence-corrected chi connectivity index (χ1v) is 7.36. The number of nitrogens with two attached hydrogens (primary N) is 1. The number of benzene rings is 3. The molecule has 0 aliphatic carbocycles. The molecule has 4 rings (SSSR count). The van der Waals surface area contributed by atoms with E-state index in [9.17, 15) is 10.2 Å². The lowest BCUT2D eigenvalue weighted by Gasteiger charge is -2.12. The van der Waals surface area contributed by atoms with Crippen molar-refractivity contribution in [2.75, 3.05) is 5.73 Å². The van der Waals surface area contributed by atoms with Gasteiger partial charge in [0, 0.05) is 11.5 Å². The molecule has 0 atom stereocenters. The number of rotatable bonds is 2. The summed E-state index contributed by atoms with van der Waals surface area (Å²) in [6.45, 7) is 0. The number of aromatic nitrogens is 3. The lowest BCUT2D eigenvalue weighted by molar-refractivity contribution is 0.451. The van der Waals surface area contributed by atoms with Gasteiger partial charge in [0.1, 0.15) is 11.5 Å². The summed E-state index contributed by atoms with van der Waals surface area (Å²) < 4.78 is 1.69. The largest absolute Gasteiger partial charge is 0.508 e. The average molecular weight is 318 g/mol. The molecule has 1 aromatic heterocycles. The summed E-state index contributed by atoms with van der Waals surface area (Å²) in [7, 11) is 0. The van der Waals surface area contributed by atoms with Gasteiger partial charge in [-0.25, -0.2) is 0 Å². The van der Waals surface area contributed by atoms with Gasteiger partial charge in [-0.3, -0.25) is 4.57 Å². The quantitative estimate of drug-likeness (QED) is 0.528. The van der Waals surface area contributed by atoms with Crippen LogP contribution in [0.5, 0.6) is 11.5 Å². The molecule has 0 aliphatic rings. The van der Waals surface area contributed by atoms with Gasteiger partial charge >= 0.3 is 0 Å². The van der Waals surface area contributed by atoms with Crippen LogP contribution in [0.1, 0.15) is 0 Å². The SMILES string of the molecule is Nc1nnc(-c2ccc(O)cc2O)n1-c1cccc2ccccc12. The highest BCUT2D eigenvalue weighted by Gasteiger charge is 2.18. The Morgan fingerprint density at radius 3 is 2.50 bits per heavy atom. The van der Waals surface area contributed by atoms with Crippen LogP contribution in [0, 0.1) is 0 Å². The Balaban J connectivity index is 2.01. The summed E-state index contributed by atoms with van der Waals surface area (Å²) >= 11 is 0. The highest BCUT2D eigenvalue weighted by molar-refractivity contribution is 5.91. The molecule has 0 saturated heterocycles. The maximum atomic E-state index is 10.2. The molecular weight excluding hydrogens is 304 g/mol. The first-order chi connectivity index (χ1) is 11.6. The van der Waals surface area contributed by atoms with Gasteiger partial charge in [-0.1, -0.05) is 36.4 Å². The van der Waals surface area contributed by atoms with E-state index in [-0.39, 0.29) is 17.4 Å². The van der Waals surface area contributed by atoms with Crippen molar-refractivity contribution in [1.29, 1.82) is 0 Å². The number of anilines is 1. The second-order valence-corrected chi connectivity index (χ2v) is 5.42. The van der Waals surface area contributed by atoms with E-state index in [2.05, 4.69) is 10.2 Å². The van der Waals surface area contributed by atoms with Gasteiger partial charge in [-0.05, 0) is 23.6 Å². The molecule has 4 N–H and O–H groups in total. The third-order valence-electron chi connectivity index (χ3n) is 3.92. The second-order valence-electron chi connectivity index (χ2n) is 5.42. The minimum atomic E-state index is -0.0936. The topological polar surface area (TPSA) is 97.2 Å². The molecule has 6 nitrogen and oxygen atoms in total. The molecule has 24 heavy (non-hydrogen) atoms. The van der Waals surface area contributed by atoms with Crippen molar-refractivity contribution in [2.45, 2.75) is 0 Å². The average Bonchev–Trinajstić information content (AvgIpc) is 2.95. The van der Waals surface area contributed by atoms with E-state index in [4.69, 9.17) is 5.73 Å². The van der Waals surface area contributed by atoms with Crippen molar-refractivity contribution in [3.05, 3.63) is 60.7 Å². The molecule has 0 saturated carbocycles. The number of hydrogen-bond acceptors (Lipinski definition) is 5. The van der Waals surface area contributed by atoms with E-state index in [0.717, 1.165) is 16.5 Å². The van der Waals surface area contributed by atoms with E-state index in [1.165, 1.54) is 12.1 Å². The minimum absolute atomic E-state index is 0.0274. The number of phenols is 2. The molecule has 118 valence electrons. The normalized spacial score (nSPS) is 11.0. The molecule has 0 aliphatic heterocycles. The van der Waals surface area contributed by atoms with Crippen LogP contribution in [0.15, 0.2) is 60.7 Å². The summed E-state index contributed by atoms with van der Waals surface area (Å²) in [6, 6.07) is 18.1. The highest BCUT2D eigenvalue weighted by atomic mass is 16.3. The maximum Gasteiger partial charge on any atom is 0.226 e. The first-order valence-electron chi connectivity index (χ1n) is 7.36. The van der Waals surface area contributed by atoms with Gasteiger partial charge in [0.15, 0.2) is 5.82 Å². The van der Waals surface area contributed by atoms with Crippen LogP contribution >= 0.6 is 0 Å². The van der Waals surface area contributed by atoms with Crippen LogP contribution in [0.25, 0.3) is 27.8 Å². The zero-order valence-corrected chi connectivity index (χ0v) is 12.6. The van der Waals surface area contributed by atoms with Crippen LogP contribution in [0.3, 0.4) is 0 Å². The fraction of sp³-hybridized carbons (Fsp3) is 0. The van der Waals surface area contributed by atoms with Crippen LogP contribution in [-0.2, 0) is 0 Å². The standard InChI is InChI=1S/C18H14N4O2/c19-18-21-20-17(14-9-8-12(23)10-16(14)24)22(18)15-7-3-5-11-4-1-2-6-13(11)15/h1-10,23-24H,(H2,19,21). The second kappa shape index (κ2) is 5.27. The van der Waals surface area contributed by atoms with Crippen LogP contribution in [-0.4, -0.2) is 25.0 Å². The van der Waals surface area contributed by atoms with Gasteiger partial charge in [0.25, 0.3) is 0 Å². The molecule has 0 unspecified atom stereocenters. The Morgan fingerprint density at radius 1 is 0.875 bits per heavy atom. The van der Waals surface area contributed by atoms with E-state index < -0.39 is 0 Å². The molecule has 0 radical (unpaired) electrons. The summed E-state index contributed by atoms with van der Waals surface area (Å²) in [4.78, 5) is 0. The molecule has 0 fully saturated rings. The Bertz CT molecular complexity index is 1050. The zero-order chi connectivity index (χ0) is 16.7. The van der Waals surface area contributed by atoms with E-state index >= 15 is 0 Å². The predicted octanol–water partition coefficient (Wildman–Crippen LogP) is 3.08. The molecule has 6 heteroatoms. The fourth-order valence-electron chi connectivity index (χ4n) is 2.82. The third-order valence-corrected chi connectivity index (χ3v) is 3.92. The Kier molecular flexibility index (Phi) is 3.09. The predicted molar refractivity (Wildman–Crippen MR) is 92.0 cm³/mol. The van der Waals surface area contributed by atoms with Crippen molar-refractivity contribution in [3.63, 3.8) is 0 Å².